The lowest BCUT2D eigenvalue weighted by Gasteiger charge is -2.35. The number of morpholine rings is 1. The molecule has 1 atom stereocenters. The van der Waals surface area contributed by atoms with Gasteiger partial charge in [-0.2, -0.15) is 13.2 Å². The number of methoxy groups -OCH3 is 1. The summed E-state index contributed by atoms with van der Waals surface area (Å²) in [7, 11) is 1.72. The summed E-state index contributed by atoms with van der Waals surface area (Å²) < 4.78 is 42.8. The number of aliphatic carboxylic acids is 1. The van der Waals surface area contributed by atoms with Crippen LogP contribution in [-0.4, -0.2) is 76.7 Å². The normalized spacial score (nSPS) is 16.7. The molecule has 0 aromatic carbocycles. The molecule has 1 fully saturated rings. The Labute approximate surface area is 200 Å². The van der Waals surface area contributed by atoms with Crippen molar-refractivity contribution in [3.8, 4) is 11.4 Å². The lowest BCUT2D eigenvalue weighted by molar-refractivity contribution is -0.192. The first-order valence-electron chi connectivity index (χ1n) is 10.9. The van der Waals surface area contributed by atoms with Gasteiger partial charge in [0.25, 0.3) is 0 Å². The van der Waals surface area contributed by atoms with Crippen LogP contribution in [0.5, 0.6) is 0 Å². The lowest BCUT2D eigenvalue weighted by Crippen LogP contribution is -2.44. The lowest BCUT2D eigenvalue weighted by atomic mass is 9.89. The third-order valence-corrected chi connectivity index (χ3v) is 5.52. The molecular weight excluding hydrogens is 467 g/mol. The van der Waals surface area contributed by atoms with E-state index in [4.69, 9.17) is 29.3 Å². The summed E-state index contributed by atoms with van der Waals surface area (Å²) in [6.45, 7) is 9.26. The van der Waals surface area contributed by atoms with Gasteiger partial charge in [-0.05, 0) is 19.1 Å². The number of anilines is 1. The Kier molecular flexibility index (Phi) is 7.96. The second-order valence-corrected chi connectivity index (χ2v) is 8.77. The second-order valence-electron chi connectivity index (χ2n) is 8.77. The second kappa shape index (κ2) is 10.6. The van der Waals surface area contributed by atoms with Crippen LogP contribution in [0.3, 0.4) is 0 Å². The number of alkyl halides is 3. The van der Waals surface area contributed by atoms with Gasteiger partial charge in [0.05, 0.1) is 31.6 Å². The standard InChI is InChI=1S/C21H27N5O2.C2HF3O2/c1-14-12-28-10-9-26(14)18-11-17(21(2,3)13-27-4)24-20(25-18)16-6-8-23-19-15(16)5-7-22-19;3-2(4,5)1(6)7/h5-8,11,14H,9-10,12-13H2,1-4H3,(H,22,23);(H,6,7)/t14-;/m1./s1. The van der Waals surface area contributed by atoms with E-state index in [1.807, 2.05) is 18.3 Å². The largest absolute Gasteiger partial charge is 0.490 e. The van der Waals surface area contributed by atoms with Gasteiger partial charge in [0.1, 0.15) is 11.5 Å². The summed E-state index contributed by atoms with van der Waals surface area (Å²) in [6.07, 6.45) is -1.40. The SMILES string of the molecule is COCC(C)(C)c1cc(N2CCOC[C@H]2C)nc(-c2ccnc3[nH]ccc23)n1.O=C(O)C(F)(F)F. The van der Waals surface area contributed by atoms with Crippen molar-refractivity contribution in [2.45, 2.75) is 38.4 Å². The van der Waals surface area contributed by atoms with Gasteiger partial charge in [-0.25, -0.2) is 19.7 Å². The predicted octanol–water partition coefficient (Wildman–Crippen LogP) is 3.80. The van der Waals surface area contributed by atoms with E-state index in [2.05, 4.69) is 41.7 Å². The van der Waals surface area contributed by atoms with E-state index in [1.54, 1.807) is 13.3 Å². The van der Waals surface area contributed by atoms with Gasteiger partial charge in [0.2, 0.25) is 0 Å². The molecule has 0 amide bonds. The minimum absolute atomic E-state index is 0.235. The molecule has 3 aromatic heterocycles. The zero-order chi connectivity index (χ0) is 25.8. The van der Waals surface area contributed by atoms with E-state index in [-0.39, 0.29) is 11.5 Å². The van der Waals surface area contributed by atoms with Gasteiger partial charge in [-0.1, -0.05) is 13.8 Å². The van der Waals surface area contributed by atoms with Crippen LogP contribution in [0.2, 0.25) is 0 Å². The summed E-state index contributed by atoms with van der Waals surface area (Å²) in [5.74, 6) is -1.12. The van der Waals surface area contributed by atoms with Gasteiger partial charge >= 0.3 is 12.1 Å². The Morgan fingerprint density at radius 3 is 2.66 bits per heavy atom. The number of H-pyrrole nitrogens is 1. The van der Waals surface area contributed by atoms with Crippen molar-refractivity contribution < 1.29 is 32.5 Å². The van der Waals surface area contributed by atoms with Crippen molar-refractivity contribution in [2.24, 2.45) is 0 Å². The molecule has 4 heterocycles. The molecule has 0 aliphatic carbocycles. The fourth-order valence-electron chi connectivity index (χ4n) is 3.71. The Morgan fingerprint density at radius 2 is 2.03 bits per heavy atom. The van der Waals surface area contributed by atoms with E-state index < -0.39 is 12.1 Å². The first-order chi connectivity index (χ1) is 16.4. The van der Waals surface area contributed by atoms with Gasteiger partial charge < -0.3 is 24.5 Å². The quantitative estimate of drug-likeness (QED) is 0.550. The maximum absolute atomic E-state index is 10.6. The number of hydrogen-bond donors (Lipinski definition) is 2. The van der Waals surface area contributed by atoms with E-state index in [9.17, 15) is 13.2 Å². The number of halogens is 3. The van der Waals surface area contributed by atoms with Crippen LogP contribution in [0, 0.1) is 0 Å². The average Bonchev–Trinajstić information content (AvgIpc) is 3.28. The number of aromatic nitrogens is 4. The fraction of sp³-hybridized carbons (Fsp3) is 0.478. The molecule has 0 radical (unpaired) electrons. The van der Waals surface area contributed by atoms with E-state index in [1.165, 1.54) is 0 Å². The predicted molar refractivity (Wildman–Crippen MR) is 123 cm³/mol. The highest BCUT2D eigenvalue weighted by molar-refractivity contribution is 5.91. The zero-order valence-electron chi connectivity index (χ0n) is 19.9. The molecule has 4 rings (SSSR count). The zero-order valence-corrected chi connectivity index (χ0v) is 19.9. The molecule has 1 aliphatic rings. The number of ether oxygens (including phenoxy) is 2. The Bertz CT molecular complexity index is 1170. The summed E-state index contributed by atoms with van der Waals surface area (Å²) in [4.78, 5) is 28.7. The number of pyridine rings is 1. The summed E-state index contributed by atoms with van der Waals surface area (Å²) >= 11 is 0. The van der Waals surface area contributed by atoms with Crippen LogP contribution in [-0.2, 0) is 19.7 Å². The molecule has 2 N–H and O–H groups in total. The molecule has 3 aromatic rings. The molecule has 9 nitrogen and oxygen atoms in total. The molecule has 0 spiro atoms. The van der Waals surface area contributed by atoms with Crippen molar-refractivity contribution >= 4 is 22.8 Å². The van der Waals surface area contributed by atoms with Crippen molar-refractivity contribution in [1.29, 1.82) is 0 Å². The number of rotatable bonds is 5. The van der Waals surface area contributed by atoms with Gasteiger partial charge in [-0.3, -0.25) is 0 Å². The van der Waals surface area contributed by atoms with Crippen molar-refractivity contribution in [1.82, 2.24) is 19.9 Å². The molecule has 35 heavy (non-hydrogen) atoms. The third-order valence-electron chi connectivity index (χ3n) is 5.52. The van der Waals surface area contributed by atoms with Crippen LogP contribution in [0.4, 0.5) is 19.0 Å². The van der Waals surface area contributed by atoms with Crippen LogP contribution >= 0.6 is 0 Å². The maximum Gasteiger partial charge on any atom is 0.490 e. The number of fused-ring (bicyclic) bond motifs is 1. The van der Waals surface area contributed by atoms with Gasteiger partial charge in [0.15, 0.2) is 5.82 Å². The third kappa shape index (κ3) is 6.25. The molecule has 0 bridgehead atoms. The first kappa shape index (κ1) is 26.4. The van der Waals surface area contributed by atoms with E-state index >= 15 is 0 Å². The number of nitrogens with one attached hydrogen (secondary N) is 1. The fourth-order valence-corrected chi connectivity index (χ4v) is 3.71. The number of carbonyl (C=O) groups is 1. The highest BCUT2D eigenvalue weighted by Crippen LogP contribution is 2.31. The monoisotopic (exact) mass is 495 g/mol. The molecule has 1 saturated heterocycles. The van der Waals surface area contributed by atoms with Crippen LogP contribution < -0.4 is 4.90 Å². The maximum atomic E-state index is 10.6. The minimum atomic E-state index is -5.08. The Balaban J connectivity index is 0.000000429. The topological polar surface area (TPSA) is 113 Å². The summed E-state index contributed by atoms with van der Waals surface area (Å²) in [5.41, 5.74) is 2.54. The molecule has 190 valence electrons. The molecule has 0 saturated carbocycles. The molecule has 12 heteroatoms. The molecule has 0 unspecified atom stereocenters. The number of carboxylic acids is 1. The Hall–Kier alpha value is -3.25. The van der Waals surface area contributed by atoms with Crippen molar-refractivity contribution in [3.05, 3.63) is 36.3 Å². The number of nitrogens with zero attached hydrogens (tertiary/aromatic N) is 4. The van der Waals surface area contributed by atoms with Crippen molar-refractivity contribution in [2.75, 3.05) is 38.4 Å². The summed E-state index contributed by atoms with van der Waals surface area (Å²) in [5, 5.41) is 8.14. The van der Waals surface area contributed by atoms with Crippen molar-refractivity contribution in [3.63, 3.8) is 0 Å². The highest BCUT2D eigenvalue weighted by atomic mass is 19.4. The van der Waals surface area contributed by atoms with Gasteiger partial charge in [0, 0.05) is 48.5 Å². The van der Waals surface area contributed by atoms with Crippen LogP contribution in [0.25, 0.3) is 22.4 Å². The van der Waals surface area contributed by atoms with E-state index in [0.717, 1.165) is 34.7 Å². The van der Waals surface area contributed by atoms with Crippen LogP contribution in [0.15, 0.2) is 30.6 Å². The van der Waals surface area contributed by atoms with Gasteiger partial charge in [-0.15, -0.1) is 0 Å². The number of aromatic amines is 1. The minimum Gasteiger partial charge on any atom is -0.475 e. The highest BCUT2D eigenvalue weighted by Gasteiger charge is 2.38. The van der Waals surface area contributed by atoms with E-state index in [0.29, 0.717) is 25.6 Å². The first-order valence-corrected chi connectivity index (χ1v) is 10.9. The number of carboxylic acid groups (broad SMARTS) is 1. The number of hydrogen-bond acceptors (Lipinski definition) is 7. The average molecular weight is 496 g/mol. The summed E-state index contributed by atoms with van der Waals surface area (Å²) in [6, 6.07) is 6.36. The molecule has 1 aliphatic heterocycles. The van der Waals surface area contributed by atoms with Crippen LogP contribution in [0.1, 0.15) is 26.5 Å². The molecular formula is C23H28F3N5O4. The smallest absolute Gasteiger partial charge is 0.475 e. The Morgan fingerprint density at radius 1 is 1.31 bits per heavy atom.